The Kier molecular flexibility index (Phi) is 7.86. The summed E-state index contributed by atoms with van der Waals surface area (Å²) in [5, 5.41) is 16.7. The molecule has 2 saturated heterocycles. The molecule has 1 atom stereocenters. The van der Waals surface area contributed by atoms with E-state index in [9.17, 15) is 24.5 Å². The van der Waals surface area contributed by atoms with Crippen molar-refractivity contribution in [2.24, 2.45) is 0 Å². The molecule has 2 N–H and O–H groups in total. The van der Waals surface area contributed by atoms with Crippen LogP contribution in [0.1, 0.15) is 31.4 Å². The predicted octanol–water partition coefficient (Wildman–Crippen LogP) is 4.15. The van der Waals surface area contributed by atoms with Gasteiger partial charge in [-0.2, -0.15) is 0 Å². The number of amides is 4. The zero-order valence-electron chi connectivity index (χ0n) is 22.7. The monoisotopic (exact) mass is 556 g/mol. The molecule has 1 spiro atoms. The molecular formula is C30H32N6O5. The van der Waals surface area contributed by atoms with Crippen molar-refractivity contribution >= 4 is 34.9 Å². The first kappa shape index (κ1) is 27.6. The number of nitrogens with one attached hydrogen (secondary N) is 2. The summed E-state index contributed by atoms with van der Waals surface area (Å²) in [5.74, 6) is -0.362. The fourth-order valence-electron chi connectivity index (χ4n) is 5.56. The van der Waals surface area contributed by atoms with Gasteiger partial charge in [-0.3, -0.25) is 19.7 Å². The number of benzene rings is 3. The lowest BCUT2D eigenvalue weighted by molar-refractivity contribution is -0.384. The molecule has 5 rings (SSSR count). The maximum absolute atomic E-state index is 13.9. The molecule has 11 heteroatoms. The van der Waals surface area contributed by atoms with Crippen molar-refractivity contribution in [2.75, 3.05) is 36.5 Å². The summed E-state index contributed by atoms with van der Waals surface area (Å²) in [7, 11) is 0. The molecule has 4 amide bonds. The van der Waals surface area contributed by atoms with Crippen LogP contribution in [0.25, 0.3) is 0 Å². The van der Waals surface area contributed by atoms with E-state index in [4.69, 9.17) is 0 Å². The van der Waals surface area contributed by atoms with Crippen molar-refractivity contribution in [2.45, 2.75) is 31.3 Å². The molecule has 41 heavy (non-hydrogen) atoms. The molecule has 3 aromatic carbocycles. The predicted molar refractivity (Wildman–Crippen MR) is 154 cm³/mol. The summed E-state index contributed by atoms with van der Waals surface area (Å²) in [6, 6.07) is 24.4. The smallest absolute Gasteiger partial charge is 0.321 e. The van der Waals surface area contributed by atoms with Crippen LogP contribution in [-0.2, 0) is 9.59 Å². The molecule has 0 radical (unpaired) electrons. The summed E-state index contributed by atoms with van der Waals surface area (Å²) >= 11 is 0. The van der Waals surface area contributed by atoms with Crippen molar-refractivity contribution < 1.29 is 19.3 Å². The molecule has 0 aromatic heterocycles. The van der Waals surface area contributed by atoms with E-state index in [1.54, 1.807) is 9.80 Å². The lowest BCUT2D eigenvalue weighted by atomic mass is 9.85. The van der Waals surface area contributed by atoms with Gasteiger partial charge in [-0.05, 0) is 49.6 Å². The second-order valence-electron chi connectivity index (χ2n) is 10.4. The second kappa shape index (κ2) is 11.7. The first-order valence-electron chi connectivity index (χ1n) is 13.5. The molecule has 0 aliphatic carbocycles. The Morgan fingerprint density at radius 3 is 2.17 bits per heavy atom. The van der Waals surface area contributed by atoms with Gasteiger partial charge in [0.15, 0.2) is 0 Å². The van der Waals surface area contributed by atoms with Crippen LogP contribution in [0.15, 0.2) is 84.9 Å². The summed E-state index contributed by atoms with van der Waals surface area (Å²) in [6.07, 6.45) is 0.792. The number of hydrogen-bond acceptors (Lipinski definition) is 6. The third-order valence-electron chi connectivity index (χ3n) is 7.80. The Bertz CT molecular complexity index is 1410. The minimum absolute atomic E-state index is 0.0589. The van der Waals surface area contributed by atoms with Gasteiger partial charge in [0.2, 0.25) is 5.91 Å². The lowest BCUT2D eigenvalue weighted by Crippen LogP contribution is -2.58. The van der Waals surface area contributed by atoms with E-state index in [2.05, 4.69) is 15.5 Å². The molecule has 0 bridgehead atoms. The Balaban J connectivity index is 1.27. The number of rotatable bonds is 7. The maximum atomic E-state index is 13.9. The number of nitrogens with zero attached hydrogens (tertiary/aromatic N) is 4. The average Bonchev–Trinajstić information content (AvgIpc) is 3.24. The third-order valence-corrected chi connectivity index (χ3v) is 7.80. The van der Waals surface area contributed by atoms with Crippen molar-refractivity contribution in [3.05, 3.63) is 101 Å². The van der Waals surface area contributed by atoms with Gasteiger partial charge >= 0.3 is 6.03 Å². The fraction of sp³-hybridized carbons (Fsp3) is 0.300. The maximum Gasteiger partial charge on any atom is 0.321 e. The quantitative estimate of drug-likeness (QED) is 0.333. The summed E-state index contributed by atoms with van der Waals surface area (Å²) in [5.41, 5.74) is 1.37. The fourth-order valence-corrected chi connectivity index (χ4v) is 5.56. The number of piperidine rings is 1. The zero-order chi connectivity index (χ0) is 29.0. The van der Waals surface area contributed by atoms with E-state index in [0.717, 1.165) is 11.3 Å². The molecule has 3 aromatic rings. The van der Waals surface area contributed by atoms with Gasteiger partial charge in [0.05, 0.1) is 17.6 Å². The Morgan fingerprint density at radius 1 is 0.951 bits per heavy atom. The zero-order valence-corrected chi connectivity index (χ0v) is 22.7. The summed E-state index contributed by atoms with van der Waals surface area (Å²) in [4.78, 5) is 55.6. The minimum atomic E-state index is -0.878. The van der Waals surface area contributed by atoms with Gasteiger partial charge in [0.1, 0.15) is 12.1 Å². The number of hydrogen-bond donors (Lipinski definition) is 2. The number of likely N-dealkylation sites (tertiary alicyclic amines) is 1. The van der Waals surface area contributed by atoms with Crippen LogP contribution >= 0.6 is 0 Å². The number of anilines is 2. The first-order chi connectivity index (χ1) is 19.8. The Labute approximate surface area is 237 Å². The van der Waals surface area contributed by atoms with Gasteiger partial charge in [-0.1, -0.05) is 48.5 Å². The highest BCUT2D eigenvalue weighted by Crippen LogP contribution is 2.39. The van der Waals surface area contributed by atoms with Crippen molar-refractivity contribution in [1.29, 1.82) is 0 Å². The van der Waals surface area contributed by atoms with Gasteiger partial charge in [-0.15, -0.1) is 0 Å². The third kappa shape index (κ3) is 5.84. The van der Waals surface area contributed by atoms with Gasteiger partial charge in [0, 0.05) is 36.6 Å². The minimum Gasteiger partial charge on any atom is -0.348 e. The number of nitro benzene ring substituents is 1. The molecule has 2 aliphatic heterocycles. The highest BCUT2D eigenvalue weighted by atomic mass is 16.6. The highest BCUT2D eigenvalue weighted by Gasteiger charge is 2.54. The van der Waals surface area contributed by atoms with E-state index < -0.39 is 10.5 Å². The molecule has 2 heterocycles. The summed E-state index contributed by atoms with van der Waals surface area (Å²) < 4.78 is 0. The number of nitro groups is 1. The van der Waals surface area contributed by atoms with E-state index >= 15 is 0 Å². The van der Waals surface area contributed by atoms with Gasteiger partial charge < -0.3 is 25.3 Å². The van der Waals surface area contributed by atoms with Crippen LogP contribution in [0.2, 0.25) is 0 Å². The standard InChI is InChI=1S/C30H32N6O5/c1-22(23-8-4-2-5-9-23)31-27(37)20-34-21-35(25-10-6-3-7-11-25)30(28(34)38)16-18-33(19-17-30)29(39)32-24-12-14-26(15-13-24)36(40)41/h2-15,22H,16-21H2,1H3,(H,31,37)(H,32,39). The molecule has 1 unspecified atom stereocenters. The van der Waals surface area contributed by atoms with E-state index in [1.165, 1.54) is 24.3 Å². The Morgan fingerprint density at radius 2 is 1.56 bits per heavy atom. The van der Waals surface area contributed by atoms with Crippen LogP contribution in [0.3, 0.4) is 0 Å². The second-order valence-corrected chi connectivity index (χ2v) is 10.4. The average molecular weight is 557 g/mol. The largest absolute Gasteiger partial charge is 0.348 e. The van der Waals surface area contributed by atoms with Crippen molar-refractivity contribution in [1.82, 2.24) is 15.1 Å². The van der Waals surface area contributed by atoms with Crippen molar-refractivity contribution in [3.8, 4) is 0 Å². The lowest BCUT2D eigenvalue weighted by Gasteiger charge is -2.43. The van der Waals surface area contributed by atoms with E-state index in [0.29, 0.717) is 31.6 Å². The summed E-state index contributed by atoms with van der Waals surface area (Å²) in [6.45, 7) is 2.78. The number of carbonyl (C=O) groups excluding carboxylic acids is 3. The number of non-ortho nitro benzene ring substituents is 1. The molecule has 0 saturated carbocycles. The SMILES string of the molecule is CC(NC(=O)CN1CN(c2ccccc2)C2(CCN(C(=O)Nc3ccc([N+](=O)[O-])cc3)CC2)C1=O)c1ccccc1. The number of urea groups is 1. The first-order valence-corrected chi connectivity index (χ1v) is 13.5. The normalized spacial score (nSPS) is 16.9. The van der Waals surface area contributed by atoms with E-state index in [-0.39, 0.29) is 42.8 Å². The number of carbonyl (C=O) groups is 3. The Hall–Kier alpha value is -4.93. The number of para-hydroxylation sites is 1. The molecule has 212 valence electrons. The van der Waals surface area contributed by atoms with Crippen LogP contribution in [-0.4, -0.2) is 64.4 Å². The molecule has 11 nitrogen and oxygen atoms in total. The van der Waals surface area contributed by atoms with Crippen molar-refractivity contribution in [3.63, 3.8) is 0 Å². The van der Waals surface area contributed by atoms with Crippen LogP contribution in [0.5, 0.6) is 0 Å². The molecular weight excluding hydrogens is 524 g/mol. The van der Waals surface area contributed by atoms with Gasteiger partial charge in [-0.25, -0.2) is 4.79 Å². The van der Waals surface area contributed by atoms with Crippen LogP contribution in [0, 0.1) is 10.1 Å². The van der Waals surface area contributed by atoms with Crippen LogP contribution in [0.4, 0.5) is 21.9 Å². The van der Waals surface area contributed by atoms with E-state index in [1.807, 2.05) is 67.6 Å². The van der Waals surface area contributed by atoms with Gasteiger partial charge in [0.25, 0.3) is 11.6 Å². The molecule has 2 aliphatic rings. The van der Waals surface area contributed by atoms with Crippen LogP contribution < -0.4 is 15.5 Å². The topological polar surface area (TPSA) is 128 Å². The molecule has 2 fully saturated rings. The highest BCUT2D eigenvalue weighted by molar-refractivity contribution is 5.97.